The van der Waals surface area contributed by atoms with Crippen LogP contribution in [0.3, 0.4) is 0 Å². The minimum atomic E-state index is -0.746. The van der Waals surface area contributed by atoms with Crippen molar-refractivity contribution in [1.29, 1.82) is 0 Å². The first-order chi connectivity index (χ1) is 20.6. The predicted molar refractivity (Wildman–Crippen MR) is 162 cm³/mol. The molecule has 0 unspecified atom stereocenters. The summed E-state index contributed by atoms with van der Waals surface area (Å²) in [6, 6.07) is 19.1. The van der Waals surface area contributed by atoms with Crippen LogP contribution in [0.25, 0.3) is 33.6 Å². The van der Waals surface area contributed by atoms with Crippen molar-refractivity contribution in [3.05, 3.63) is 111 Å². The van der Waals surface area contributed by atoms with Gasteiger partial charge in [-0.2, -0.15) is 0 Å². The maximum atomic E-state index is 15.7. The van der Waals surface area contributed by atoms with Crippen molar-refractivity contribution in [2.24, 2.45) is 0 Å². The molecule has 5 aromatic rings. The number of hydrogen-bond donors (Lipinski definition) is 2. The largest absolute Gasteiger partial charge is 0.485 e. The Hall–Kier alpha value is -4.83. The number of ether oxygens (including phenoxy) is 1. The van der Waals surface area contributed by atoms with E-state index in [0.717, 1.165) is 6.42 Å². The normalized spacial score (nSPS) is 11.6. The van der Waals surface area contributed by atoms with E-state index in [0.29, 0.717) is 57.1 Å². The van der Waals surface area contributed by atoms with Crippen LogP contribution in [0.15, 0.2) is 80.8 Å². The third-order valence-corrected chi connectivity index (χ3v) is 7.14. The number of H-pyrrole nitrogens is 1. The summed E-state index contributed by atoms with van der Waals surface area (Å²) in [5, 5.41) is 13.3. The van der Waals surface area contributed by atoms with Crippen LogP contribution in [0.2, 0.25) is 0 Å². The van der Waals surface area contributed by atoms with E-state index in [9.17, 15) is 14.7 Å². The molecule has 9 nitrogen and oxygen atoms in total. The van der Waals surface area contributed by atoms with Gasteiger partial charge in [-0.25, -0.2) is 14.2 Å². The van der Waals surface area contributed by atoms with Crippen molar-refractivity contribution < 1.29 is 18.8 Å². The zero-order valence-corrected chi connectivity index (χ0v) is 24.5. The van der Waals surface area contributed by atoms with E-state index >= 15 is 4.39 Å². The third-order valence-electron chi connectivity index (χ3n) is 7.14. The van der Waals surface area contributed by atoms with E-state index in [2.05, 4.69) is 14.7 Å². The molecule has 0 fully saturated rings. The Balaban J connectivity index is 1.51. The topological polar surface area (TPSA) is 123 Å². The quantitative estimate of drug-likeness (QED) is 0.222. The van der Waals surface area contributed by atoms with E-state index in [1.807, 2.05) is 13.0 Å². The molecule has 0 saturated carbocycles. The van der Waals surface area contributed by atoms with Gasteiger partial charge < -0.3 is 9.84 Å². The standard InChI is InChI=1S/C33H33FN4O5/c1-5-8-28-35-20(2)29(21-13-15-24(16-14-21)42-33(3,4)19-39)31(40)38(28)18-23-12-11-22(17-27(23)34)25-9-6-7-10-26(25)30-36-32(41)43-37-30/h6-7,9-17,39H,5,8,18-19H2,1-4H3,(H,36,37,41). The maximum absolute atomic E-state index is 15.7. The summed E-state index contributed by atoms with van der Waals surface area (Å²) < 4.78 is 27.7. The molecule has 5 rings (SSSR count). The molecule has 0 aliphatic heterocycles. The molecule has 2 aromatic heterocycles. The first-order valence-electron chi connectivity index (χ1n) is 14.0. The molecule has 0 radical (unpaired) electrons. The number of aromatic amines is 1. The summed E-state index contributed by atoms with van der Waals surface area (Å²) in [5.74, 6) is 0.235. The fourth-order valence-electron chi connectivity index (χ4n) is 4.97. The molecule has 0 spiro atoms. The minimum Gasteiger partial charge on any atom is -0.485 e. The number of aromatic nitrogens is 4. The number of hydrogen-bond acceptors (Lipinski definition) is 7. The lowest BCUT2D eigenvalue weighted by Crippen LogP contribution is -2.32. The first-order valence-corrected chi connectivity index (χ1v) is 14.0. The third kappa shape index (κ3) is 6.34. The van der Waals surface area contributed by atoms with Crippen LogP contribution in [0.1, 0.15) is 44.3 Å². The Morgan fingerprint density at radius 3 is 2.35 bits per heavy atom. The lowest BCUT2D eigenvalue weighted by atomic mass is 9.98. The van der Waals surface area contributed by atoms with Crippen molar-refractivity contribution in [2.45, 2.75) is 52.7 Å². The van der Waals surface area contributed by atoms with Crippen molar-refractivity contribution in [3.63, 3.8) is 0 Å². The molecule has 222 valence electrons. The highest BCUT2D eigenvalue weighted by molar-refractivity contribution is 5.80. The van der Waals surface area contributed by atoms with E-state index in [4.69, 9.17) is 9.72 Å². The van der Waals surface area contributed by atoms with E-state index < -0.39 is 17.2 Å². The Morgan fingerprint density at radius 2 is 1.72 bits per heavy atom. The monoisotopic (exact) mass is 584 g/mol. The second kappa shape index (κ2) is 12.2. The molecular weight excluding hydrogens is 551 g/mol. The highest BCUT2D eigenvalue weighted by Gasteiger charge is 2.20. The molecular formula is C33H33FN4O5. The number of halogens is 1. The number of aliphatic hydroxyl groups excluding tert-OH is 1. The van der Waals surface area contributed by atoms with Crippen LogP contribution >= 0.6 is 0 Å². The number of nitrogens with one attached hydrogen (secondary N) is 1. The summed E-state index contributed by atoms with van der Waals surface area (Å²) in [4.78, 5) is 32.8. The lowest BCUT2D eigenvalue weighted by molar-refractivity contribution is 0.0413. The number of aryl methyl sites for hydroxylation is 2. The molecule has 10 heteroatoms. The maximum Gasteiger partial charge on any atom is 0.439 e. The summed E-state index contributed by atoms with van der Waals surface area (Å²) in [6.07, 6.45) is 1.32. The van der Waals surface area contributed by atoms with Gasteiger partial charge >= 0.3 is 5.76 Å². The van der Waals surface area contributed by atoms with Gasteiger partial charge in [0.1, 0.15) is 23.0 Å². The van der Waals surface area contributed by atoms with Crippen LogP contribution in [-0.4, -0.2) is 37.0 Å². The van der Waals surface area contributed by atoms with Gasteiger partial charge in [-0.1, -0.05) is 60.6 Å². The van der Waals surface area contributed by atoms with Gasteiger partial charge in [0.25, 0.3) is 5.56 Å². The predicted octanol–water partition coefficient (Wildman–Crippen LogP) is 5.52. The van der Waals surface area contributed by atoms with Crippen LogP contribution in [0.4, 0.5) is 4.39 Å². The molecule has 0 aliphatic rings. The van der Waals surface area contributed by atoms with Gasteiger partial charge in [-0.05, 0) is 62.1 Å². The van der Waals surface area contributed by atoms with Crippen LogP contribution in [-0.2, 0) is 13.0 Å². The molecule has 2 N–H and O–H groups in total. The summed E-state index contributed by atoms with van der Waals surface area (Å²) in [5.41, 5.74) is 2.85. The van der Waals surface area contributed by atoms with Crippen molar-refractivity contribution in [1.82, 2.24) is 19.7 Å². The number of rotatable bonds is 10. The Morgan fingerprint density at radius 1 is 1.02 bits per heavy atom. The minimum absolute atomic E-state index is 0.00466. The number of nitrogens with zero attached hydrogens (tertiary/aromatic N) is 3. The highest BCUT2D eigenvalue weighted by atomic mass is 19.1. The highest BCUT2D eigenvalue weighted by Crippen LogP contribution is 2.31. The van der Waals surface area contributed by atoms with Crippen LogP contribution in [0.5, 0.6) is 5.75 Å². The number of aliphatic hydroxyl groups is 1. The smallest absolute Gasteiger partial charge is 0.439 e. The second-order valence-electron chi connectivity index (χ2n) is 11.0. The summed E-state index contributed by atoms with van der Waals surface area (Å²) in [6.45, 7) is 7.22. The van der Waals surface area contributed by atoms with Gasteiger partial charge in [-0.3, -0.25) is 18.9 Å². The zero-order chi connectivity index (χ0) is 30.7. The van der Waals surface area contributed by atoms with Gasteiger partial charge in [-0.15, -0.1) is 0 Å². The van der Waals surface area contributed by atoms with Gasteiger partial charge in [0, 0.05) is 17.5 Å². The molecule has 0 atom stereocenters. The molecule has 0 saturated heterocycles. The summed E-state index contributed by atoms with van der Waals surface area (Å²) in [7, 11) is 0. The molecule has 0 bridgehead atoms. The van der Waals surface area contributed by atoms with Crippen molar-refractivity contribution in [3.8, 4) is 39.4 Å². The number of benzene rings is 3. The first kappa shape index (κ1) is 29.7. The molecule has 43 heavy (non-hydrogen) atoms. The van der Waals surface area contributed by atoms with Gasteiger partial charge in [0.15, 0.2) is 5.82 Å². The summed E-state index contributed by atoms with van der Waals surface area (Å²) >= 11 is 0. The van der Waals surface area contributed by atoms with Crippen LogP contribution < -0.4 is 16.1 Å². The SMILES string of the molecule is CCCc1nc(C)c(-c2ccc(OC(C)(C)CO)cc2)c(=O)n1Cc1ccc(-c2ccccc2-c2noc(=O)[nH]2)cc1F. The van der Waals surface area contributed by atoms with E-state index in [1.54, 1.807) is 75.4 Å². The molecule has 0 amide bonds. The van der Waals surface area contributed by atoms with Gasteiger partial charge in [0.05, 0.1) is 24.4 Å². The van der Waals surface area contributed by atoms with Crippen molar-refractivity contribution >= 4 is 0 Å². The fourth-order valence-corrected chi connectivity index (χ4v) is 4.97. The van der Waals surface area contributed by atoms with E-state index in [1.165, 1.54) is 10.6 Å². The fraction of sp³-hybridized carbons (Fsp3) is 0.273. The Bertz CT molecular complexity index is 1870. The molecule has 2 heterocycles. The molecule has 0 aliphatic carbocycles. The average Bonchev–Trinajstić information content (AvgIpc) is 3.42. The van der Waals surface area contributed by atoms with Crippen LogP contribution in [0, 0.1) is 12.7 Å². The van der Waals surface area contributed by atoms with Crippen molar-refractivity contribution in [2.75, 3.05) is 6.61 Å². The van der Waals surface area contributed by atoms with Gasteiger partial charge in [0.2, 0.25) is 0 Å². The average molecular weight is 585 g/mol. The Labute approximate surface area is 247 Å². The van der Waals surface area contributed by atoms with E-state index in [-0.39, 0.29) is 24.5 Å². The zero-order valence-electron chi connectivity index (χ0n) is 24.5. The Kier molecular flexibility index (Phi) is 8.40. The second-order valence-corrected chi connectivity index (χ2v) is 11.0. The molecule has 3 aromatic carbocycles. The lowest BCUT2D eigenvalue weighted by Gasteiger charge is -2.24.